The molecule has 9 heteroatoms. The first kappa shape index (κ1) is 16.8. The Kier molecular flexibility index (Phi) is 4.57. The monoisotopic (exact) mass is 361 g/mol. The lowest BCUT2D eigenvalue weighted by Crippen LogP contribution is -2.20. The van der Waals surface area contributed by atoms with Crippen molar-refractivity contribution >= 4 is 38.3 Å². The maximum Gasteiger partial charge on any atom is 0.269 e. The van der Waals surface area contributed by atoms with Gasteiger partial charge in [0.2, 0.25) is 0 Å². The molecule has 1 heterocycles. The van der Waals surface area contributed by atoms with Crippen LogP contribution in [0.3, 0.4) is 0 Å². The normalized spacial score (nSPS) is 10.6. The van der Waals surface area contributed by atoms with Crippen molar-refractivity contribution in [1.82, 2.24) is 4.98 Å². The number of nitrogens with zero attached hydrogens (tertiary/aromatic N) is 2. The highest BCUT2D eigenvalue weighted by Crippen LogP contribution is 2.27. The summed E-state index contributed by atoms with van der Waals surface area (Å²) in [5, 5.41) is 13.5. The molecule has 1 aromatic heterocycles. The molecule has 3 rings (SSSR count). The van der Waals surface area contributed by atoms with E-state index in [9.17, 15) is 19.3 Å². The van der Waals surface area contributed by atoms with E-state index in [1.54, 1.807) is 19.1 Å². The van der Waals surface area contributed by atoms with Crippen LogP contribution in [-0.2, 0) is 4.79 Å². The van der Waals surface area contributed by atoms with Crippen molar-refractivity contribution in [2.75, 3.05) is 11.9 Å². The molecule has 0 spiro atoms. The molecule has 0 unspecified atom stereocenters. The number of benzene rings is 2. The summed E-state index contributed by atoms with van der Waals surface area (Å²) in [5.41, 5.74) is 0.699. The SMILES string of the molecule is Cc1cc([N+](=O)[O-])ccc1OCC(=O)Nc1nc2c(F)cccc2s1. The van der Waals surface area contributed by atoms with Crippen LogP contribution >= 0.6 is 11.3 Å². The summed E-state index contributed by atoms with van der Waals surface area (Å²) >= 11 is 1.16. The summed E-state index contributed by atoms with van der Waals surface area (Å²) in [6.45, 7) is 1.35. The zero-order valence-electron chi connectivity index (χ0n) is 13.0. The van der Waals surface area contributed by atoms with Gasteiger partial charge in [0.05, 0.1) is 9.62 Å². The third-order valence-corrected chi connectivity index (χ3v) is 4.28. The molecule has 0 atom stereocenters. The number of anilines is 1. The van der Waals surface area contributed by atoms with Crippen LogP contribution in [0, 0.1) is 22.9 Å². The van der Waals surface area contributed by atoms with Gasteiger partial charge in [0, 0.05) is 12.1 Å². The standard InChI is InChI=1S/C16H12FN3O4S/c1-9-7-10(20(22)23)5-6-12(9)24-8-14(21)18-16-19-15-11(17)3-2-4-13(15)25-16/h2-7H,8H2,1H3,(H,18,19,21). The zero-order valence-corrected chi connectivity index (χ0v) is 13.8. The van der Waals surface area contributed by atoms with Crippen LogP contribution in [0.1, 0.15) is 5.56 Å². The van der Waals surface area contributed by atoms with Gasteiger partial charge in [-0.3, -0.25) is 20.2 Å². The summed E-state index contributed by atoms with van der Waals surface area (Å²) in [5.74, 6) is -0.541. The maximum absolute atomic E-state index is 13.6. The van der Waals surface area contributed by atoms with Crippen LogP contribution in [0.5, 0.6) is 5.75 Å². The summed E-state index contributed by atoms with van der Waals surface area (Å²) in [6.07, 6.45) is 0. The molecule has 0 fully saturated rings. The van der Waals surface area contributed by atoms with Gasteiger partial charge in [-0.1, -0.05) is 17.4 Å². The lowest BCUT2D eigenvalue weighted by molar-refractivity contribution is -0.384. The Hall–Kier alpha value is -3.07. The Morgan fingerprint density at radius 2 is 2.20 bits per heavy atom. The lowest BCUT2D eigenvalue weighted by atomic mass is 10.2. The van der Waals surface area contributed by atoms with Crippen LogP contribution < -0.4 is 10.1 Å². The van der Waals surface area contributed by atoms with Crippen molar-refractivity contribution in [2.45, 2.75) is 6.92 Å². The van der Waals surface area contributed by atoms with E-state index in [1.165, 1.54) is 24.3 Å². The van der Waals surface area contributed by atoms with Crippen molar-refractivity contribution in [3.05, 3.63) is 57.9 Å². The number of nitrogens with one attached hydrogen (secondary N) is 1. The van der Waals surface area contributed by atoms with Crippen molar-refractivity contribution in [1.29, 1.82) is 0 Å². The Labute approximate surface area is 145 Å². The molecule has 0 aliphatic heterocycles. The molecule has 0 aliphatic carbocycles. The summed E-state index contributed by atoms with van der Waals surface area (Å²) in [6, 6.07) is 8.69. The molecule has 0 aliphatic rings. The molecule has 128 valence electrons. The quantitative estimate of drug-likeness (QED) is 0.553. The number of fused-ring (bicyclic) bond motifs is 1. The van der Waals surface area contributed by atoms with Gasteiger partial charge >= 0.3 is 0 Å². The van der Waals surface area contributed by atoms with Gasteiger partial charge in [-0.15, -0.1) is 0 Å². The van der Waals surface area contributed by atoms with Gasteiger partial charge in [0.25, 0.3) is 11.6 Å². The van der Waals surface area contributed by atoms with E-state index in [4.69, 9.17) is 4.74 Å². The topological polar surface area (TPSA) is 94.4 Å². The number of amides is 1. The number of rotatable bonds is 5. The predicted molar refractivity (Wildman–Crippen MR) is 91.5 cm³/mol. The highest BCUT2D eigenvalue weighted by Gasteiger charge is 2.13. The van der Waals surface area contributed by atoms with Crippen molar-refractivity contribution in [3.63, 3.8) is 0 Å². The van der Waals surface area contributed by atoms with Gasteiger partial charge in [0.15, 0.2) is 11.7 Å². The number of para-hydroxylation sites is 1. The van der Waals surface area contributed by atoms with E-state index < -0.39 is 16.6 Å². The number of nitro benzene ring substituents is 1. The van der Waals surface area contributed by atoms with Crippen LogP contribution in [-0.4, -0.2) is 22.4 Å². The minimum atomic E-state index is -0.504. The molecule has 7 nitrogen and oxygen atoms in total. The zero-order chi connectivity index (χ0) is 18.0. The van der Waals surface area contributed by atoms with Crippen molar-refractivity contribution < 1.29 is 18.8 Å². The fourth-order valence-electron chi connectivity index (χ4n) is 2.18. The van der Waals surface area contributed by atoms with E-state index in [1.807, 2.05) is 0 Å². The number of aryl methyl sites for hydroxylation is 1. The molecule has 1 N–H and O–H groups in total. The van der Waals surface area contributed by atoms with Gasteiger partial charge in [-0.25, -0.2) is 9.37 Å². The molecule has 0 saturated carbocycles. The highest BCUT2D eigenvalue weighted by molar-refractivity contribution is 7.22. The number of halogens is 1. The second kappa shape index (κ2) is 6.81. The van der Waals surface area contributed by atoms with E-state index in [0.29, 0.717) is 16.0 Å². The van der Waals surface area contributed by atoms with E-state index in [0.717, 1.165) is 11.3 Å². The van der Waals surface area contributed by atoms with Gasteiger partial charge in [0.1, 0.15) is 17.1 Å². The highest BCUT2D eigenvalue weighted by atomic mass is 32.1. The Balaban J connectivity index is 1.64. The molecular formula is C16H12FN3O4S. The number of non-ortho nitro benzene ring substituents is 1. The summed E-state index contributed by atoms with van der Waals surface area (Å²) in [4.78, 5) is 26.2. The van der Waals surface area contributed by atoms with Gasteiger partial charge in [-0.2, -0.15) is 0 Å². The second-order valence-corrected chi connectivity index (χ2v) is 6.18. The lowest BCUT2D eigenvalue weighted by Gasteiger charge is -2.08. The number of ether oxygens (including phenoxy) is 1. The number of thiazole rings is 1. The van der Waals surface area contributed by atoms with Crippen LogP contribution in [0.25, 0.3) is 10.2 Å². The number of hydrogen-bond donors (Lipinski definition) is 1. The number of hydrogen-bond acceptors (Lipinski definition) is 6. The average Bonchev–Trinajstić information content (AvgIpc) is 2.97. The molecule has 0 saturated heterocycles. The number of carbonyl (C=O) groups excluding carboxylic acids is 1. The Bertz CT molecular complexity index is 973. The number of aromatic nitrogens is 1. The van der Waals surface area contributed by atoms with E-state index in [2.05, 4.69) is 10.3 Å². The fourth-order valence-corrected chi connectivity index (χ4v) is 3.07. The Morgan fingerprint density at radius 3 is 2.88 bits per heavy atom. The number of nitro groups is 1. The fraction of sp³-hybridized carbons (Fsp3) is 0.125. The van der Waals surface area contributed by atoms with Crippen LogP contribution in [0.4, 0.5) is 15.2 Å². The molecule has 3 aromatic rings. The third-order valence-electron chi connectivity index (χ3n) is 3.34. The second-order valence-electron chi connectivity index (χ2n) is 5.15. The largest absolute Gasteiger partial charge is 0.483 e. The minimum Gasteiger partial charge on any atom is -0.483 e. The van der Waals surface area contributed by atoms with Crippen molar-refractivity contribution in [2.24, 2.45) is 0 Å². The average molecular weight is 361 g/mol. The first-order valence-electron chi connectivity index (χ1n) is 7.17. The van der Waals surface area contributed by atoms with Gasteiger partial charge < -0.3 is 4.74 Å². The van der Waals surface area contributed by atoms with Crippen LogP contribution in [0.15, 0.2) is 36.4 Å². The van der Waals surface area contributed by atoms with E-state index in [-0.39, 0.29) is 22.9 Å². The number of carbonyl (C=O) groups is 1. The molecular weight excluding hydrogens is 349 g/mol. The third kappa shape index (κ3) is 3.72. The maximum atomic E-state index is 13.6. The van der Waals surface area contributed by atoms with E-state index >= 15 is 0 Å². The molecule has 25 heavy (non-hydrogen) atoms. The van der Waals surface area contributed by atoms with Crippen molar-refractivity contribution in [3.8, 4) is 5.75 Å². The summed E-state index contributed by atoms with van der Waals surface area (Å²) < 4.78 is 19.6. The predicted octanol–water partition coefficient (Wildman–Crippen LogP) is 3.67. The summed E-state index contributed by atoms with van der Waals surface area (Å²) in [7, 11) is 0. The molecule has 0 bridgehead atoms. The molecule has 0 radical (unpaired) electrons. The minimum absolute atomic E-state index is 0.0502. The Morgan fingerprint density at radius 1 is 1.40 bits per heavy atom. The first-order chi connectivity index (χ1) is 11.9. The van der Waals surface area contributed by atoms with Crippen LogP contribution in [0.2, 0.25) is 0 Å². The smallest absolute Gasteiger partial charge is 0.269 e. The van der Waals surface area contributed by atoms with Gasteiger partial charge in [-0.05, 0) is 30.7 Å². The first-order valence-corrected chi connectivity index (χ1v) is 7.98. The molecule has 1 amide bonds. The molecule has 2 aromatic carbocycles.